The van der Waals surface area contributed by atoms with Gasteiger partial charge in [0.05, 0.1) is 0 Å². The lowest BCUT2D eigenvalue weighted by Crippen LogP contribution is -2.22. The van der Waals surface area contributed by atoms with Crippen molar-refractivity contribution in [1.82, 2.24) is 10.4 Å². The first kappa shape index (κ1) is 9.07. The van der Waals surface area contributed by atoms with E-state index in [1.807, 2.05) is 5.09 Å². The zero-order valence-corrected chi connectivity index (χ0v) is 6.06. The third-order valence-corrected chi connectivity index (χ3v) is 1.33. The summed E-state index contributed by atoms with van der Waals surface area (Å²) in [6, 6.07) is 0. The molecule has 0 rings (SSSR count). The summed E-state index contributed by atoms with van der Waals surface area (Å²) in [7, 11) is -2.28. The van der Waals surface area contributed by atoms with Gasteiger partial charge in [-0.2, -0.15) is 0 Å². The summed E-state index contributed by atoms with van der Waals surface area (Å²) in [6.45, 7) is 0.825. The highest BCUT2D eigenvalue weighted by Gasteiger charge is 2.08. The van der Waals surface area contributed by atoms with E-state index in [1.54, 1.807) is 7.05 Å². The van der Waals surface area contributed by atoms with Crippen LogP contribution in [0.25, 0.3) is 0 Å². The van der Waals surface area contributed by atoms with Gasteiger partial charge in [-0.25, -0.2) is 9.65 Å². The molecule has 0 atom stereocenters. The van der Waals surface area contributed by atoms with Crippen LogP contribution in [0.3, 0.4) is 0 Å². The summed E-state index contributed by atoms with van der Waals surface area (Å²) < 4.78 is 10.1. The SMILES string of the molecule is CNCCNP(=O)(O)O. The zero-order valence-electron chi connectivity index (χ0n) is 5.16. The van der Waals surface area contributed by atoms with Crippen LogP contribution in [-0.2, 0) is 4.57 Å². The van der Waals surface area contributed by atoms with Crippen molar-refractivity contribution in [2.75, 3.05) is 20.1 Å². The van der Waals surface area contributed by atoms with Crippen molar-refractivity contribution in [3.05, 3.63) is 0 Å². The van der Waals surface area contributed by atoms with Gasteiger partial charge in [0.25, 0.3) is 0 Å². The van der Waals surface area contributed by atoms with Crippen LogP contribution >= 0.6 is 7.75 Å². The molecule has 0 aliphatic heterocycles. The van der Waals surface area contributed by atoms with Gasteiger partial charge in [0, 0.05) is 13.1 Å². The molecule has 0 heterocycles. The van der Waals surface area contributed by atoms with Gasteiger partial charge in [0.1, 0.15) is 0 Å². The quantitative estimate of drug-likeness (QED) is 0.305. The lowest BCUT2D eigenvalue weighted by molar-refractivity contribution is 0.357. The molecule has 0 spiro atoms. The van der Waals surface area contributed by atoms with E-state index in [2.05, 4.69) is 5.32 Å². The monoisotopic (exact) mass is 154 g/mol. The third kappa shape index (κ3) is 8.07. The van der Waals surface area contributed by atoms with E-state index in [4.69, 9.17) is 9.79 Å². The van der Waals surface area contributed by atoms with Crippen LogP contribution in [0.1, 0.15) is 0 Å². The maximum Gasteiger partial charge on any atom is 0.400 e. The van der Waals surface area contributed by atoms with Crippen LogP contribution < -0.4 is 10.4 Å². The molecule has 5 nitrogen and oxygen atoms in total. The lowest BCUT2D eigenvalue weighted by Gasteiger charge is -2.03. The Morgan fingerprint density at radius 3 is 2.33 bits per heavy atom. The van der Waals surface area contributed by atoms with Crippen molar-refractivity contribution >= 4 is 7.75 Å². The summed E-state index contributed by atoms with van der Waals surface area (Å²) in [4.78, 5) is 16.4. The summed E-state index contributed by atoms with van der Waals surface area (Å²) in [6.07, 6.45) is 0. The van der Waals surface area contributed by atoms with Gasteiger partial charge in [-0.15, -0.1) is 0 Å². The second-order valence-corrected chi connectivity index (χ2v) is 2.96. The van der Waals surface area contributed by atoms with Gasteiger partial charge in [0.2, 0.25) is 0 Å². The molecule has 0 radical (unpaired) electrons. The highest BCUT2D eigenvalue weighted by atomic mass is 31.2. The molecule has 4 N–H and O–H groups in total. The third-order valence-electron chi connectivity index (χ3n) is 0.693. The highest BCUT2D eigenvalue weighted by Crippen LogP contribution is 2.26. The summed E-state index contributed by atoms with van der Waals surface area (Å²) in [5.41, 5.74) is 0. The van der Waals surface area contributed by atoms with E-state index in [0.717, 1.165) is 0 Å². The van der Waals surface area contributed by atoms with E-state index < -0.39 is 7.75 Å². The highest BCUT2D eigenvalue weighted by molar-refractivity contribution is 7.49. The second kappa shape index (κ2) is 3.98. The number of hydrogen-bond acceptors (Lipinski definition) is 2. The average Bonchev–Trinajstić information content (AvgIpc) is 1.63. The van der Waals surface area contributed by atoms with Crippen LogP contribution in [-0.4, -0.2) is 29.9 Å². The van der Waals surface area contributed by atoms with Crippen LogP contribution in [0.2, 0.25) is 0 Å². The predicted molar refractivity (Wildman–Crippen MR) is 34.0 cm³/mol. The van der Waals surface area contributed by atoms with Crippen molar-refractivity contribution in [3.63, 3.8) is 0 Å². The Balaban J connectivity index is 3.18. The minimum absolute atomic E-state index is 0.279. The molecule has 9 heavy (non-hydrogen) atoms. The molecule has 0 bridgehead atoms. The van der Waals surface area contributed by atoms with Crippen LogP contribution in [0.5, 0.6) is 0 Å². The molecule has 0 aliphatic carbocycles. The summed E-state index contributed by atoms with van der Waals surface area (Å²) >= 11 is 0. The molecule has 56 valence electrons. The van der Waals surface area contributed by atoms with Crippen molar-refractivity contribution in [2.24, 2.45) is 0 Å². The summed E-state index contributed by atoms with van der Waals surface area (Å²) in [5.74, 6) is 0. The first-order valence-electron chi connectivity index (χ1n) is 2.51. The lowest BCUT2D eigenvalue weighted by atomic mass is 10.7. The van der Waals surface area contributed by atoms with Crippen molar-refractivity contribution in [1.29, 1.82) is 0 Å². The van der Waals surface area contributed by atoms with Gasteiger partial charge in [-0.05, 0) is 7.05 Å². The second-order valence-electron chi connectivity index (χ2n) is 1.56. The average molecular weight is 154 g/mol. The number of nitrogens with one attached hydrogen (secondary N) is 2. The molecule has 0 fully saturated rings. The van der Waals surface area contributed by atoms with Gasteiger partial charge < -0.3 is 15.1 Å². The minimum Gasteiger partial charge on any atom is -0.318 e. The number of likely N-dealkylation sites (N-methyl/N-ethyl adjacent to an activating group) is 1. The molecule has 0 aromatic heterocycles. The smallest absolute Gasteiger partial charge is 0.318 e. The largest absolute Gasteiger partial charge is 0.400 e. The minimum atomic E-state index is -3.99. The first-order valence-corrected chi connectivity index (χ1v) is 4.13. The molecule has 0 aliphatic rings. The fourth-order valence-electron chi connectivity index (χ4n) is 0.327. The molecule has 0 aromatic rings. The predicted octanol–water partition coefficient (Wildman–Crippen LogP) is -1.11. The number of hydrogen-bond donors (Lipinski definition) is 4. The van der Waals surface area contributed by atoms with E-state index in [9.17, 15) is 4.57 Å². The number of rotatable bonds is 4. The Kier molecular flexibility index (Phi) is 4.01. The van der Waals surface area contributed by atoms with Crippen LogP contribution in [0, 0.1) is 0 Å². The zero-order chi connectivity index (χ0) is 7.33. The molecule has 0 aromatic carbocycles. The normalized spacial score (nSPS) is 11.9. The Hall–Kier alpha value is 0.0700. The van der Waals surface area contributed by atoms with E-state index in [0.29, 0.717) is 6.54 Å². The van der Waals surface area contributed by atoms with Gasteiger partial charge in [0.15, 0.2) is 0 Å². The van der Waals surface area contributed by atoms with Crippen molar-refractivity contribution in [3.8, 4) is 0 Å². The topological polar surface area (TPSA) is 81.6 Å². The maximum absolute atomic E-state index is 10.1. The fraction of sp³-hybridized carbons (Fsp3) is 1.00. The van der Waals surface area contributed by atoms with E-state index >= 15 is 0 Å². The fourth-order valence-corrected chi connectivity index (χ4v) is 0.730. The molecular formula is C3H11N2O3P. The Labute approximate surface area is 53.7 Å². The van der Waals surface area contributed by atoms with Gasteiger partial charge in [-0.3, -0.25) is 0 Å². The van der Waals surface area contributed by atoms with Gasteiger partial charge in [-0.1, -0.05) is 0 Å². The molecule has 0 unspecified atom stereocenters. The standard InChI is InChI=1S/C3H11N2O3P/c1-4-2-3-5-9(6,7)8/h4H,2-3H2,1H3,(H3,5,6,7,8). The van der Waals surface area contributed by atoms with E-state index in [1.165, 1.54) is 0 Å². The molecule has 0 saturated carbocycles. The Morgan fingerprint density at radius 2 is 2.00 bits per heavy atom. The molecule has 0 saturated heterocycles. The summed E-state index contributed by atoms with van der Waals surface area (Å²) in [5, 5.41) is 4.76. The van der Waals surface area contributed by atoms with E-state index in [-0.39, 0.29) is 6.54 Å². The first-order chi connectivity index (χ1) is 4.06. The molecular weight excluding hydrogens is 143 g/mol. The Morgan fingerprint density at radius 1 is 1.44 bits per heavy atom. The maximum atomic E-state index is 10.1. The van der Waals surface area contributed by atoms with Crippen molar-refractivity contribution in [2.45, 2.75) is 0 Å². The van der Waals surface area contributed by atoms with Crippen molar-refractivity contribution < 1.29 is 14.4 Å². The molecule has 6 heteroatoms. The molecule has 0 amide bonds. The Bertz CT molecular complexity index is 112. The van der Waals surface area contributed by atoms with Crippen LogP contribution in [0.4, 0.5) is 0 Å². The van der Waals surface area contributed by atoms with Gasteiger partial charge >= 0.3 is 7.75 Å². The van der Waals surface area contributed by atoms with Crippen LogP contribution in [0.15, 0.2) is 0 Å².